The second kappa shape index (κ2) is 8.58. The molecule has 10 nitrogen and oxygen atoms in total. The van der Waals surface area contributed by atoms with E-state index in [1.54, 1.807) is 12.4 Å². The van der Waals surface area contributed by atoms with Gasteiger partial charge in [-0.05, 0) is 29.8 Å². The molecule has 7 rings (SSSR count). The predicted octanol–water partition coefficient (Wildman–Crippen LogP) is 4.66. The summed E-state index contributed by atoms with van der Waals surface area (Å²) in [7, 11) is 0. The molecule has 4 aromatic rings. The molecule has 41 heavy (non-hydrogen) atoms. The predicted molar refractivity (Wildman–Crippen MR) is 151 cm³/mol. The Morgan fingerprint density at radius 1 is 0.561 bits per heavy atom. The van der Waals surface area contributed by atoms with E-state index < -0.39 is 21.7 Å². The third-order valence-electron chi connectivity index (χ3n) is 9.58. The number of aromatic nitrogens is 10. The summed E-state index contributed by atoms with van der Waals surface area (Å²) in [6.07, 6.45) is 3.46. The van der Waals surface area contributed by atoms with Crippen LogP contribution in [0.15, 0.2) is 36.7 Å². The average Bonchev–Trinajstić information content (AvgIpc) is 3.52. The maximum absolute atomic E-state index is 5.14. The summed E-state index contributed by atoms with van der Waals surface area (Å²) in [6.45, 7) is 17.2. The molecule has 0 N–H and O–H groups in total. The van der Waals surface area contributed by atoms with E-state index in [0.29, 0.717) is 57.5 Å². The Morgan fingerprint density at radius 3 is 1.93 bits per heavy atom. The van der Waals surface area contributed by atoms with Gasteiger partial charge in [0.2, 0.25) is 0 Å². The van der Waals surface area contributed by atoms with Crippen LogP contribution >= 0.6 is 0 Å². The summed E-state index contributed by atoms with van der Waals surface area (Å²) in [6, 6.07) is 7.65. The molecule has 7 heterocycles. The molecule has 0 saturated heterocycles. The minimum absolute atomic E-state index is 0. The van der Waals surface area contributed by atoms with Crippen molar-refractivity contribution in [1.82, 2.24) is 49.8 Å². The van der Waals surface area contributed by atoms with Gasteiger partial charge in [0.25, 0.3) is 0 Å². The van der Waals surface area contributed by atoms with Crippen molar-refractivity contribution in [1.29, 1.82) is 0 Å². The zero-order valence-electron chi connectivity index (χ0n) is 24.3. The number of rotatable bonds is 0. The standard InChI is InChI=1S/C30H30N10.Ni/c1-27(2)23-36-19-15-11-9-13-31-17(15)21(33-19)35-22-18-16(12-10-14-32-18)20(34-22)37-24-28(3,4)30(7,8)26(39-24)40-25(38-23)29(27,5)6;/h9-14H,1-8H3;/q-2;+2. The van der Waals surface area contributed by atoms with Gasteiger partial charge in [-0.1, -0.05) is 61.5 Å². The maximum Gasteiger partial charge on any atom is 2.00 e. The Morgan fingerprint density at radius 2 is 1.20 bits per heavy atom. The summed E-state index contributed by atoms with van der Waals surface area (Å²) < 4.78 is 0. The van der Waals surface area contributed by atoms with Crippen LogP contribution in [0.25, 0.3) is 45.1 Å². The molecule has 0 fully saturated rings. The van der Waals surface area contributed by atoms with Crippen LogP contribution in [0.5, 0.6) is 0 Å². The van der Waals surface area contributed by atoms with Crippen LogP contribution in [0.3, 0.4) is 0 Å². The minimum atomic E-state index is -0.428. The quantitative estimate of drug-likeness (QED) is 0.235. The molecule has 3 aliphatic heterocycles. The molecule has 3 aliphatic rings. The SMILES string of the molecule is CC1(C)c2nc(nc3[n-]c(nc4nc(nc5[n-]c(n2)C(C)(C)C5(C)C)-c2cccnc2-4)c2ncccc32)C1(C)C.[Ni+2]. The first-order valence-corrected chi connectivity index (χ1v) is 13.5. The van der Waals surface area contributed by atoms with Crippen molar-refractivity contribution in [2.24, 2.45) is 0 Å². The monoisotopic (exact) mass is 588 g/mol. The van der Waals surface area contributed by atoms with Gasteiger partial charge in [-0.2, -0.15) is 0 Å². The van der Waals surface area contributed by atoms with Crippen LogP contribution in [0.4, 0.5) is 0 Å². The van der Waals surface area contributed by atoms with Gasteiger partial charge in [0.05, 0.1) is 23.0 Å². The van der Waals surface area contributed by atoms with E-state index in [2.05, 4.69) is 65.4 Å². The maximum atomic E-state index is 5.14. The number of pyridine rings is 2. The smallest absolute Gasteiger partial charge is 0.366 e. The Labute approximate surface area is 248 Å². The Balaban J connectivity index is 0.00000302. The zero-order chi connectivity index (χ0) is 28.2. The first-order valence-electron chi connectivity index (χ1n) is 13.5. The number of hydrogen-bond donors (Lipinski definition) is 0. The van der Waals surface area contributed by atoms with Gasteiger partial charge in [-0.15, -0.1) is 0 Å². The first-order chi connectivity index (χ1) is 18.8. The van der Waals surface area contributed by atoms with E-state index in [4.69, 9.17) is 39.9 Å². The van der Waals surface area contributed by atoms with E-state index in [9.17, 15) is 0 Å². The van der Waals surface area contributed by atoms with E-state index in [0.717, 1.165) is 10.9 Å². The van der Waals surface area contributed by atoms with Gasteiger partial charge in [0.15, 0.2) is 0 Å². The molecule has 0 radical (unpaired) electrons. The van der Waals surface area contributed by atoms with Crippen LogP contribution in [0.2, 0.25) is 0 Å². The molecule has 8 bridgehead atoms. The third kappa shape index (κ3) is 3.61. The van der Waals surface area contributed by atoms with Gasteiger partial charge in [-0.25, -0.2) is 4.98 Å². The summed E-state index contributed by atoms with van der Waals surface area (Å²) >= 11 is 0. The third-order valence-corrected chi connectivity index (χ3v) is 9.58. The fraction of sp³-hybridized carbons (Fsp3) is 0.400. The van der Waals surface area contributed by atoms with Crippen LogP contribution in [-0.4, -0.2) is 39.9 Å². The molecule has 0 aromatic carbocycles. The van der Waals surface area contributed by atoms with Gasteiger partial charge >= 0.3 is 16.5 Å². The first kappa shape index (κ1) is 27.3. The Kier molecular flexibility index (Phi) is 5.72. The summed E-state index contributed by atoms with van der Waals surface area (Å²) in [5, 5.41) is 0.794. The zero-order valence-corrected chi connectivity index (χ0v) is 25.2. The van der Waals surface area contributed by atoms with Crippen molar-refractivity contribution < 1.29 is 16.5 Å². The molecular formula is C30H30N10Ni. The van der Waals surface area contributed by atoms with E-state index in [-0.39, 0.29) is 16.5 Å². The fourth-order valence-electron chi connectivity index (χ4n) is 5.22. The van der Waals surface area contributed by atoms with Crippen LogP contribution in [0.1, 0.15) is 78.7 Å². The van der Waals surface area contributed by atoms with E-state index in [1.807, 2.05) is 24.3 Å². The van der Waals surface area contributed by atoms with Crippen molar-refractivity contribution in [3.05, 3.63) is 60.0 Å². The van der Waals surface area contributed by atoms with E-state index >= 15 is 0 Å². The van der Waals surface area contributed by atoms with Gasteiger partial charge in [0.1, 0.15) is 11.5 Å². The molecule has 0 aliphatic carbocycles. The molecule has 0 unspecified atom stereocenters. The topological polar surface area (TPSA) is 131 Å². The number of nitrogens with zero attached hydrogens (tertiary/aromatic N) is 10. The largest absolute Gasteiger partial charge is 2.00 e. The summed E-state index contributed by atoms with van der Waals surface area (Å²) in [4.78, 5) is 48.9. The van der Waals surface area contributed by atoms with Gasteiger partial charge < -0.3 is 29.9 Å². The number of fused-ring (bicyclic) bond motifs is 14. The van der Waals surface area contributed by atoms with Crippen molar-refractivity contribution in [3.63, 3.8) is 0 Å². The molecule has 0 spiro atoms. The molecule has 210 valence electrons. The Hall–Kier alpha value is -3.85. The normalized spacial score (nSPS) is 18.3. The second-order valence-electron chi connectivity index (χ2n) is 12.8. The number of hydrogen-bond acceptors (Lipinski definition) is 8. The van der Waals surface area contributed by atoms with Crippen LogP contribution in [-0.2, 0) is 38.2 Å². The molecule has 0 saturated carbocycles. The average molecular weight is 589 g/mol. The molecule has 4 aromatic heterocycles. The second-order valence-corrected chi connectivity index (χ2v) is 12.8. The van der Waals surface area contributed by atoms with Crippen molar-refractivity contribution in [3.8, 4) is 22.9 Å². The van der Waals surface area contributed by atoms with Crippen molar-refractivity contribution in [2.45, 2.75) is 77.0 Å². The van der Waals surface area contributed by atoms with E-state index in [1.165, 1.54) is 0 Å². The summed E-state index contributed by atoms with van der Waals surface area (Å²) in [5.41, 5.74) is 1.33. The molecule has 11 heteroatoms. The fourth-order valence-corrected chi connectivity index (χ4v) is 5.22. The van der Waals surface area contributed by atoms with Crippen molar-refractivity contribution >= 4 is 22.2 Å². The Bertz CT molecular complexity index is 1930. The molecule has 0 atom stereocenters. The molecule has 0 amide bonds. The van der Waals surface area contributed by atoms with Crippen LogP contribution < -0.4 is 9.97 Å². The van der Waals surface area contributed by atoms with Gasteiger partial charge in [-0.3, -0.25) is 15.0 Å². The van der Waals surface area contributed by atoms with Crippen LogP contribution in [0, 0.1) is 0 Å². The summed E-state index contributed by atoms with van der Waals surface area (Å²) in [5.74, 6) is 3.63. The van der Waals surface area contributed by atoms with Crippen molar-refractivity contribution in [2.75, 3.05) is 0 Å². The minimum Gasteiger partial charge on any atom is -0.366 e. The van der Waals surface area contributed by atoms with Gasteiger partial charge in [0, 0.05) is 56.3 Å². The molecular weight excluding hydrogens is 559 g/mol.